The topological polar surface area (TPSA) is 42.0 Å². The molecule has 2 saturated heterocycles. The quantitative estimate of drug-likeness (QED) is 0.611. The van der Waals surface area contributed by atoms with Crippen molar-refractivity contribution in [3.8, 4) is 5.75 Å². The van der Waals surface area contributed by atoms with Gasteiger partial charge in [0, 0.05) is 30.6 Å². The number of rotatable bonds is 4. The maximum atomic E-state index is 13.5. The third-order valence-electron chi connectivity index (χ3n) is 7.06. The summed E-state index contributed by atoms with van der Waals surface area (Å²) in [6.45, 7) is 5.96. The Morgan fingerprint density at radius 2 is 1.84 bits per heavy atom. The lowest BCUT2D eigenvalue weighted by atomic mass is 9.78. The number of ether oxygens (including phenoxy) is 2. The monoisotopic (exact) mass is 454 g/mol. The number of hydrogen-bond donors (Lipinski definition) is 0. The van der Waals surface area contributed by atoms with E-state index in [2.05, 4.69) is 9.64 Å². The number of halogens is 3. The highest BCUT2D eigenvalue weighted by Crippen LogP contribution is 2.48. The molecule has 2 heterocycles. The first kappa shape index (κ1) is 23.2. The number of benzene rings is 1. The summed E-state index contributed by atoms with van der Waals surface area (Å²) in [6.07, 6.45) is 4.74. The van der Waals surface area contributed by atoms with Crippen LogP contribution in [0.3, 0.4) is 0 Å². The fourth-order valence-corrected chi connectivity index (χ4v) is 5.61. The number of nitrogens with zero attached hydrogens (tertiary/aromatic N) is 2. The number of carbonyl (C=O) groups excluding carboxylic acids is 1. The van der Waals surface area contributed by atoms with Crippen molar-refractivity contribution in [2.75, 3.05) is 26.2 Å². The van der Waals surface area contributed by atoms with E-state index < -0.39 is 18.0 Å². The predicted molar refractivity (Wildman–Crippen MR) is 114 cm³/mol. The van der Waals surface area contributed by atoms with Crippen molar-refractivity contribution in [3.63, 3.8) is 0 Å². The van der Waals surface area contributed by atoms with Crippen LogP contribution in [-0.2, 0) is 4.74 Å². The minimum Gasteiger partial charge on any atom is -0.444 e. The van der Waals surface area contributed by atoms with Gasteiger partial charge in [0.2, 0.25) is 0 Å². The lowest BCUT2D eigenvalue weighted by Gasteiger charge is -2.48. The third kappa shape index (κ3) is 5.16. The summed E-state index contributed by atoms with van der Waals surface area (Å²) in [5.41, 5.74) is 0.391. The first-order valence-corrected chi connectivity index (χ1v) is 11.5. The zero-order chi connectivity index (χ0) is 23.1. The average Bonchev–Trinajstić information content (AvgIpc) is 3.11. The van der Waals surface area contributed by atoms with Crippen molar-refractivity contribution in [2.24, 2.45) is 5.41 Å². The second-order valence-electron chi connectivity index (χ2n) is 10.6. The zero-order valence-corrected chi connectivity index (χ0v) is 19.1. The molecule has 1 aliphatic carbocycles. The van der Waals surface area contributed by atoms with E-state index in [1.54, 1.807) is 11.0 Å². The van der Waals surface area contributed by atoms with Gasteiger partial charge in [0.25, 0.3) is 0 Å². The Labute approximate surface area is 187 Å². The van der Waals surface area contributed by atoms with Gasteiger partial charge in [-0.15, -0.1) is 0 Å². The molecular weight excluding hydrogens is 421 g/mol. The van der Waals surface area contributed by atoms with Crippen LogP contribution in [0.1, 0.15) is 64.4 Å². The lowest BCUT2D eigenvalue weighted by Crippen LogP contribution is -2.58. The molecule has 0 N–H and O–H groups in total. The van der Waals surface area contributed by atoms with Gasteiger partial charge in [-0.2, -0.15) is 8.78 Å². The summed E-state index contributed by atoms with van der Waals surface area (Å²) in [5.74, 6) is -0.531. The summed E-state index contributed by atoms with van der Waals surface area (Å²) in [4.78, 5) is 16.6. The Bertz CT molecular complexity index is 828. The van der Waals surface area contributed by atoms with E-state index in [0.29, 0.717) is 11.6 Å². The maximum absolute atomic E-state index is 13.5. The summed E-state index contributed by atoms with van der Waals surface area (Å²) in [7, 11) is 0. The second kappa shape index (κ2) is 8.76. The number of amides is 1. The molecule has 3 fully saturated rings. The Morgan fingerprint density at radius 3 is 2.47 bits per heavy atom. The second-order valence-corrected chi connectivity index (χ2v) is 10.6. The van der Waals surface area contributed by atoms with Gasteiger partial charge in [-0.25, -0.2) is 9.18 Å². The Morgan fingerprint density at radius 1 is 1.16 bits per heavy atom. The highest BCUT2D eigenvalue weighted by Gasteiger charge is 2.51. The molecular formula is C24H33F3N2O3. The van der Waals surface area contributed by atoms with E-state index in [0.717, 1.165) is 64.3 Å². The van der Waals surface area contributed by atoms with Crippen molar-refractivity contribution in [1.82, 2.24) is 9.80 Å². The summed E-state index contributed by atoms with van der Waals surface area (Å²) < 4.78 is 49.1. The molecule has 1 aromatic carbocycles. The maximum Gasteiger partial charge on any atom is 0.410 e. The van der Waals surface area contributed by atoms with Gasteiger partial charge in [-0.1, -0.05) is 6.07 Å². The van der Waals surface area contributed by atoms with E-state index >= 15 is 0 Å². The fraction of sp³-hybridized carbons (Fsp3) is 0.708. The molecule has 8 heteroatoms. The van der Waals surface area contributed by atoms with Crippen molar-refractivity contribution in [3.05, 3.63) is 29.6 Å². The van der Waals surface area contributed by atoms with Crippen molar-refractivity contribution < 1.29 is 27.4 Å². The summed E-state index contributed by atoms with van der Waals surface area (Å²) >= 11 is 0. The van der Waals surface area contributed by atoms with E-state index in [-0.39, 0.29) is 23.2 Å². The molecule has 0 radical (unpaired) electrons. The average molecular weight is 455 g/mol. The third-order valence-corrected chi connectivity index (χ3v) is 7.06. The molecule has 178 valence electrons. The Kier molecular flexibility index (Phi) is 6.36. The minimum atomic E-state index is -2.96. The van der Waals surface area contributed by atoms with Gasteiger partial charge in [0.05, 0.1) is 0 Å². The molecule has 0 bridgehead atoms. The number of carbonyl (C=O) groups is 1. The highest BCUT2D eigenvalue weighted by atomic mass is 19.3. The fourth-order valence-electron chi connectivity index (χ4n) is 5.61. The highest BCUT2D eigenvalue weighted by molar-refractivity contribution is 5.69. The first-order chi connectivity index (χ1) is 15.0. The van der Waals surface area contributed by atoms with Crippen LogP contribution in [0.15, 0.2) is 18.2 Å². The summed E-state index contributed by atoms with van der Waals surface area (Å²) in [6, 6.07) is 4.44. The van der Waals surface area contributed by atoms with Crippen molar-refractivity contribution in [2.45, 2.75) is 77.0 Å². The Balaban J connectivity index is 1.29. The van der Waals surface area contributed by atoms with Crippen molar-refractivity contribution >= 4 is 6.09 Å². The zero-order valence-electron chi connectivity index (χ0n) is 19.1. The van der Waals surface area contributed by atoms with Crippen LogP contribution in [0.5, 0.6) is 5.75 Å². The van der Waals surface area contributed by atoms with E-state index in [4.69, 9.17) is 4.74 Å². The van der Waals surface area contributed by atoms with Crippen LogP contribution < -0.4 is 4.74 Å². The molecule has 4 rings (SSSR count). The van der Waals surface area contributed by atoms with Gasteiger partial charge in [0.15, 0.2) is 0 Å². The molecule has 1 spiro atoms. The number of alkyl halides is 2. The molecule has 1 saturated carbocycles. The number of likely N-dealkylation sites (tertiary alicyclic amines) is 2. The van der Waals surface area contributed by atoms with E-state index in [1.807, 2.05) is 20.8 Å². The van der Waals surface area contributed by atoms with Crippen LogP contribution >= 0.6 is 0 Å². The smallest absolute Gasteiger partial charge is 0.410 e. The molecule has 1 amide bonds. The van der Waals surface area contributed by atoms with E-state index in [9.17, 15) is 18.0 Å². The van der Waals surface area contributed by atoms with Crippen LogP contribution in [-0.4, -0.2) is 60.3 Å². The van der Waals surface area contributed by atoms with Crippen LogP contribution in [0.4, 0.5) is 18.0 Å². The predicted octanol–water partition coefficient (Wildman–Crippen LogP) is 5.40. The van der Waals surface area contributed by atoms with E-state index in [1.165, 1.54) is 6.07 Å². The van der Waals surface area contributed by atoms with Gasteiger partial charge in [-0.05, 0) is 83.5 Å². The summed E-state index contributed by atoms with van der Waals surface area (Å²) in [5, 5.41) is 0. The largest absolute Gasteiger partial charge is 0.444 e. The minimum absolute atomic E-state index is 0.0463. The molecule has 1 atom stereocenters. The molecule has 0 aromatic heterocycles. The molecule has 32 heavy (non-hydrogen) atoms. The van der Waals surface area contributed by atoms with Crippen LogP contribution in [0.25, 0.3) is 0 Å². The lowest BCUT2D eigenvalue weighted by molar-refractivity contribution is -0.0510. The molecule has 2 aliphatic heterocycles. The molecule has 3 aliphatic rings. The van der Waals surface area contributed by atoms with Gasteiger partial charge in [-0.3, -0.25) is 0 Å². The first-order valence-electron chi connectivity index (χ1n) is 11.5. The standard InChI is InChI=1S/C24H33F3N2O3/c1-23(2,3)32-22(30)29-14-24(15-29)9-6-18(13-24)28-10-7-16(8-11-28)19-5-4-17(25)12-20(19)31-21(26)27/h4-5,12,16,18,21H,6-11,13-15H2,1-3H3/t18-/m1/s1. The number of hydrogen-bond acceptors (Lipinski definition) is 4. The van der Waals surface area contributed by atoms with Crippen LogP contribution in [0.2, 0.25) is 0 Å². The number of piperidine rings is 1. The normalized spacial score (nSPS) is 24.1. The molecule has 0 unspecified atom stereocenters. The molecule has 5 nitrogen and oxygen atoms in total. The molecule has 1 aromatic rings. The van der Waals surface area contributed by atoms with Crippen LogP contribution in [0, 0.1) is 11.2 Å². The SMILES string of the molecule is CC(C)(C)OC(=O)N1CC2(CC[C@@H](N3CCC(c4ccc(F)cc4OC(F)F)CC3)C2)C1. The van der Waals surface area contributed by atoms with Crippen molar-refractivity contribution in [1.29, 1.82) is 0 Å². The Hall–Kier alpha value is -1.96. The van der Waals surface area contributed by atoms with Gasteiger partial charge in [0.1, 0.15) is 17.2 Å². The van der Waals surface area contributed by atoms with Gasteiger partial charge < -0.3 is 19.3 Å². The van der Waals surface area contributed by atoms with Gasteiger partial charge >= 0.3 is 12.7 Å².